The number of aromatic nitrogens is 1. The molecule has 0 radical (unpaired) electrons. The van der Waals surface area contributed by atoms with Gasteiger partial charge in [0.05, 0.1) is 17.7 Å². The van der Waals surface area contributed by atoms with Gasteiger partial charge in [-0.2, -0.15) is 13.2 Å². The molecule has 0 bridgehead atoms. The summed E-state index contributed by atoms with van der Waals surface area (Å²) in [5.41, 5.74) is 1.12. The molecule has 1 aromatic rings. The van der Waals surface area contributed by atoms with Gasteiger partial charge < -0.3 is 10.5 Å². The number of rotatable bonds is 4. The predicted octanol–water partition coefficient (Wildman–Crippen LogP) is 2.67. The second-order valence-corrected chi connectivity index (χ2v) is 3.63. The molecule has 0 saturated carbocycles. The van der Waals surface area contributed by atoms with Crippen molar-refractivity contribution >= 4 is 5.97 Å². The summed E-state index contributed by atoms with van der Waals surface area (Å²) < 4.78 is 68.4. The van der Waals surface area contributed by atoms with E-state index in [1.807, 2.05) is 0 Å². The number of carbonyl (C=O) groups excluding carboxylic acids is 1. The van der Waals surface area contributed by atoms with Crippen LogP contribution in [-0.2, 0) is 17.5 Å². The summed E-state index contributed by atoms with van der Waals surface area (Å²) in [5, 5.41) is 0. The molecule has 9 heteroatoms. The lowest BCUT2D eigenvalue weighted by atomic mass is 10.0. The third-order valence-corrected chi connectivity index (χ3v) is 2.41. The zero-order valence-corrected chi connectivity index (χ0v) is 10.3. The molecule has 0 spiro atoms. The minimum atomic E-state index is -4.93. The van der Waals surface area contributed by atoms with Crippen LogP contribution in [0.3, 0.4) is 0 Å². The van der Waals surface area contributed by atoms with Crippen LogP contribution in [0.15, 0.2) is 6.20 Å². The zero-order valence-electron chi connectivity index (χ0n) is 10.3. The standard InChI is InChI=1S/C11H11F5N2O2/c1-2-20-10(19)7-5(3-17)8(9(12)13)18-4-6(7)11(14,15)16/h4,9H,2-3,17H2,1H3. The van der Waals surface area contributed by atoms with E-state index < -0.39 is 47.5 Å². The van der Waals surface area contributed by atoms with Crippen LogP contribution in [0.5, 0.6) is 0 Å². The van der Waals surface area contributed by atoms with Gasteiger partial charge in [0.2, 0.25) is 0 Å². The molecular weight excluding hydrogens is 287 g/mol. The Hall–Kier alpha value is -1.77. The fourth-order valence-electron chi connectivity index (χ4n) is 1.61. The van der Waals surface area contributed by atoms with E-state index >= 15 is 0 Å². The van der Waals surface area contributed by atoms with E-state index in [1.54, 1.807) is 0 Å². The average Bonchev–Trinajstić information content (AvgIpc) is 2.35. The highest BCUT2D eigenvalue weighted by molar-refractivity contribution is 5.93. The van der Waals surface area contributed by atoms with Gasteiger partial charge in [-0.3, -0.25) is 4.98 Å². The van der Waals surface area contributed by atoms with E-state index in [0.29, 0.717) is 0 Å². The lowest BCUT2D eigenvalue weighted by Crippen LogP contribution is -2.21. The van der Waals surface area contributed by atoms with E-state index in [1.165, 1.54) is 6.92 Å². The molecule has 1 rings (SSSR count). The smallest absolute Gasteiger partial charge is 0.418 e. The van der Waals surface area contributed by atoms with Gasteiger partial charge in [0.1, 0.15) is 5.69 Å². The number of hydrogen-bond acceptors (Lipinski definition) is 4. The van der Waals surface area contributed by atoms with E-state index in [-0.39, 0.29) is 12.8 Å². The molecule has 1 heterocycles. The van der Waals surface area contributed by atoms with Crippen molar-refractivity contribution in [1.82, 2.24) is 4.98 Å². The third kappa shape index (κ3) is 3.21. The van der Waals surface area contributed by atoms with Crippen molar-refractivity contribution < 1.29 is 31.5 Å². The maximum absolute atomic E-state index is 12.8. The van der Waals surface area contributed by atoms with Gasteiger partial charge in [0.15, 0.2) is 0 Å². The zero-order chi connectivity index (χ0) is 15.5. The van der Waals surface area contributed by atoms with E-state index in [4.69, 9.17) is 5.73 Å². The van der Waals surface area contributed by atoms with Gasteiger partial charge in [-0.15, -0.1) is 0 Å². The van der Waals surface area contributed by atoms with Crippen molar-refractivity contribution in [2.45, 2.75) is 26.1 Å². The Morgan fingerprint density at radius 3 is 2.45 bits per heavy atom. The second-order valence-electron chi connectivity index (χ2n) is 3.63. The van der Waals surface area contributed by atoms with Crippen molar-refractivity contribution in [2.75, 3.05) is 6.61 Å². The van der Waals surface area contributed by atoms with E-state index in [9.17, 15) is 26.7 Å². The fraction of sp³-hybridized carbons (Fsp3) is 0.455. The Labute approximate surface area is 110 Å². The summed E-state index contributed by atoms with van der Waals surface area (Å²) in [6.07, 6.45) is -7.89. The molecule has 0 amide bonds. The number of nitrogens with two attached hydrogens (primary N) is 1. The summed E-state index contributed by atoms with van der Waals surface area (Å²) in [4.78, 5) is 14.7. The first-order valence-electron chi connectivity index (χ1n) is 5.48. The lowest BCUT2D eigenvalue weighted by Gasteiger charge is -2.17. The highest BCUT2D eigenvalue weighted by Gasteiger charge is 2.39. The summed E-state index contributed by atoms with van der Waals surface area (Å²) in [6, 6.07) is 0. The number of nitrogens with zero attached hydrogens (tertiary/aromatic N) is 1. The highest BCUT2D eigenvalue weighted by atomic mass is 19.4. The molecule has 0 aliphatic carbocycles. The third-order valence-electron chi connectivity index (χ3n) is 2.41. The minimum Gasteiger partial charge on any atom is -0.462 e. The van der Waals surface area contributed by atoms with Gasteiger partial charge in [0.25, 0.3) is 6.43 Å². The first-order valence-corrected chi connectivity index (χ1v) is 5.48. The second kappa shape index (κ2) is 6.12. The molecule has 0 atom stereocenters. The first kappa shape index (κ1) is 16.3. The number of esters is 1. The quantitative estimate of drug-likeness (QED) is 0.685. The molecule has 1 aromatic heterocycles. The Bertz CT molecular complexity index is 502. The Kier molecular flexibility index (Phi) is 4.98. The summed E-state index contributed by atoms with van der Waals surface area (Å²) in [5.74, 6) is -1.36. The molecular formula is C11H11F5N2O2. The van der Waals surface area contributed by atoms with Crippen LogP contribution in [0.2, 0.25) is 0 Å². The molecule has 0 unspecified atom stereocenters. The Morgan fingerprint density at radius 1 is 1.45 bits per heavy atom. The van der Waals surface area contributed by atoms with Gasteiger partial charge in [-0.05, 0) is 6.92 Å². The van der Waals surface area contributed by atoms with Gasteiger partial charge in [-0.1, -0.05) is 0 Å². The van der Waals surface area contributed by atoms with Crippen molar-refractivity contribution in [2.24, 2.45) is 5.73 Å². The summed E-state index contributed by atoms with van der Waals surface area (Å²) in [6.45, 7) is 0.486. The Balaban J connectivity index is 3.60. The minimum absolute atomic E-state index is 0.187. The molecule has 0 fully saturated rings. The van der Waals surface area contributed by atoms with Crippen LogP contribution < -0.4 is 5.73 Å². The molecule has 112 valence electrons. The topological polar surface area (TPSA) is 65.2 Å². The molecule has 0 aromatic carbocycles. The van der Waals surface area contributed by atoms with E-state index in [2.05, 4.69) is 9.72 Å². The van der Waals surface area contributed by atoms with E-state index in [0.717, 1.165) is 0 Å². The van der Waals surface area contributed by atoms with Crippen LogP contribution in [0, 0.1) is 0 Å². The average molecular weight is 298 g/mol. The Morgan fingerprint density at radius 2 is 2.05 bits per heavy atom. The number of hydrogen-bond donors (Lipinski definition) is 1. The largest absolute Gasteiger partial charge is 0.462 e. The lowest BCUT2D eigenvalue weighted by molar-refractivity contribution is -0.138. The van der Waals surface area contributed by atoms with Crippen molar-refractivity contribution in [3.8, 4) is 0 Å². The monoisotopic (exact) mass is 298 g/mol. The van der Waals surface area contributed by atoms with Crippen LogP contribution in [0.4, 0.5) is 22.0 Å². The van der Waals surface area contributed by atoms with Gasteiger partial charge in [0, 0.05) is 18.3 Å². The maximum Gasteiger partial charge on any atom is 0.418 e. The number of ether oxygens (including phenoxy) is 1. The molecule has 20 heavy (non-hydrogen) atoms. The maximum atomic E-state index is 12.8. The highest BCUT2D eigenvalue weighted by Crippen LogP contribution is 2.35. The predicted molar refractivity (Wildman–Crippen MR) is 58.0 cm³/mol. The number of halogens is 5. The molecule has 0 aliphatic rings. The number of alkyl halides is 5. The van der Waals surface area contributed by atoms with Crippen LogP contribution >= 0.6 is 0 Å². The van der Waals surface area contributed by atoms with Crippen LogP contribution in [-0.4, -0.2) is 17.6 Å². The fourth-order valence-corrected chi connectivity index (χ4v) is 1.61. The normalized spacial score (nSPS) is 11.8. The SMILES string of the molecule is CCOC(=O)c1c(C(F)(F)F)cnc(C(F)F)c1CN. The van der Waals surface area contributed by atoms with Gasteiger partial charge >= 0.3 is 12.1 Å². The van der Waals surface area contributed by atoms with Crippen molar-refractivity contribution in [1.29, 1.82) is 0 Å². The van der Waals surface area contributed by atoms with Gasteiger partial charge in [-0.25, -0.2) is 13.6 Å². The van der Waals surface area contributed by atoms with Crippen molar-refractivity contribution in [3.05, 3.63) is 28.6 Å². The van der Waals surface area contributed by atoms with Crippen LogP contribution in [0.25, 0.3) is 0 Å². The molecule has 2 N–H and O–H groups in total. The van der Waals surface area contributed by atoms with Crippen molar-refractivity contribution in [3.63, 3.8) is 0 Å². The molecule has 0 aliphatic heterocycles. The number of carbonyl (C=O) groups is 1. The molecule has 4 nitrogen and oxygen atoms in total. The first-order chi connectivity index (χ1) is 9.23. The van der Waals surface area contributed by atoms with Crippen LogP contribution in [0.1, 0.15) is 40.5 Å². The number of pyridine rings is 1. The molecule has 0 saturated heterocycles. The summed E-state index contributed by atoms with van der Waals surface area (Å²) in [7, 11) is 0. The summed E-state index contributed by atoms with van der Waals surface area (Å²) >= 11 is 0.